The summed E-state index contributed by atoms with van der Waals surface area (Å²) < 4.78 is 6.09. The van der Waals surface area contributed by atoms with Gasteiger partial charge in [-0.1, -0.05) is 41.9 Å². The fourth-order valence-electron chi connectivity index (χ4n) is 2.23. The third-order valence-electron chi connectivity index (χ3n) is 3.38. The summed E-state index contributed by atoms with van der Waals surface area (Å²) in [5.74, 6) is -1.14. The maximum absolute atomic E-state index is 12.3. The number of rotatable bonds is 6. The summed E-state index contributed by atoms with van der Waals surface area (Å²) in [7, 11) is 0. The first-order valence-electron chi connectivity index (χ1n) is 7.50. The van der Waals surface area contributed by atoms with Crippen molar-refractivity contribution >= 4 is 51.1 Å². The molecule has 2 aromatic carbocycles. The molecule has 0 radical (unpaired) electrons. The van der Waals surface area contributed by atoms with E-state index in [1.807, 2.05) is 24.3 Å². The first-order chi connectivity index (χ1) is 12.6. The van der Waals surface area contributed by atoms with Crippen LogP contribution in [0.15, 0.2) is 53.6 Å². The number of carbonyl (C=O) groups excluding carboxylic acids is 1. The number of aliphatic carboxylic acids is 1. The van der Waals surface area contributed by atoms with Crippen molar-refractivity contribution < 1.29 is 19.4 Å². The predicted molar refractivity (Wildman–Crippen MR) is 101 cm³/mol. The van der Waals surface area contributed by atoms with Crippen molar-refractivity contribution in [3.05, 3.63) is 64.0 Å². The van der Waals surface area contributed by atoms with E-state index >= 15 is 0 Å². The summed E-state index contributed by atoms with van der Waals surface area (Å²) in [6, 6.07) is 14.3. The van der Waals surface area contributed by atoms with Gasteiger partial charge in [-0.05, 0) is 18.2 Å². The Balaban J connectivity index is 1.73. The van der Waals surface area contributed by atoms with Crippen molar-refractivity contribution in [2.45, 2.75) is 0 Å². The number of nitrogens with one attached hydrogen (secondary N) is 1. The Morgan fingerprint density at radius 1 is 1.19 bits per heavy atom. The zero-order chi connectivity index (χ0) is 18.5. The molecule has 0 spiro atoms. The SMILES string of the molecule is O=C(O)COc1ccccc1/C=N/NC(=O)c1sc2ccccc2c1Cl. The Bertz CT molecular complexity index is 1000. The lowest BCUT2D eigenvalue weighted by Crippen LogP contribution is -2.16. The van der Waals surface area contributed by atoms with Gasteiger partial charge in [0, 0.05) is 15.6 Å². The van der Waals surface area contributed by atoms with Crippen molar-refractivity contribution in [3.8, 4) is 5.75 Å². The molecule has 0 atom stereocenters. The number of fused-ring (bicyclic) bond motifs is 1. The zero-order valence-electron chi connectivity index (χ0n) is 13.3. The van der Waals surface area contributed by atoms with E-state index in [0.29, 0.717) is 21.2 Å². The summed E-state index contributed by atoms with van der Waals surface area (Å²) in [6.45, 7) is -0.464. The van der Waals surface area contributed by atoms with Gasteiger partial charge in [0.15, 0.2) is 6.61 Å². The second kappa shape index (κ2) is 7.99. The van der Waals surface area contributed by atoms with Gasteiger partial charge in [0.25, 0.3) is 5.91 Å². The molecule has 6 nitrogen and oxygen atoms in total. The second-order valence-corrected chi connectivity index (χ2v) is 6.59. The van der Waals surface area contributed by atoms with Crippen LogP contribution in [0.5, 0.6) is 5.75 Å². The van der Waals surface area contributed by atoms with E-state index in [1.54, 1.807) is 24.3 Å². The highest BCUT2D eigenvalue weighted by Gasteiger charge is 2.16. The number of hydrogen-bond donors (Lipinski definition) is 2. The third-order valence-corrected chi connectivity index (χ3v) is 5.06. The van der Waals surface area contributed by atoms with Crippen LogP contribution in [0.25, 0.3) is 10.1 Å². The highest BCUT2D eigenvalue weighted by Crippen LogP contribution is 2.34. The molecule has 132 valence electrons. The van der Waals surface area contributed by atoms with E-state index in [4.69, 9.17) is 21.4 Å². The molecule has 0 aliphatic heterocycles. The lowest BCUT2D eigenvalue weighted by atomic mass is 10.2. The van der Waals surface area contributed by atoms with Crippen LogP contribution in [0.2, 0.25) is 5.02 Å². The van der Waals surface area contributed by atoms with Crippen LogP contribution in [0.1, 0.15) is 15.2 Å². The molecule has 0 bridgehead atoms. The third kappa shape index (κ3) is 4.01. The minimum Gasteiger partial charge on any atom is -0.481 e. The van der Waals surface area contributed by atoms with Crippen LogP contribution in [0.4, 0.5) is 0 Å². The molecule has 0 unspecified atom stereocenters. The largest absolute Gasteiger partial charge is 0.481 e. The second-order valence-electron chi connectivity index (χ2n) is 5.16. The molecule has 1 aromatic heterocycles. The maximum atomic E-state index is 12.3. The van der Waals surface area contributed by atoms with Gasteiger partial charge in [0.05, 0.1) is 11.2 Å². The van der Waals surface area contributed by atoms with Crippen LogP contribution in [-0.2, 0) is 4.79 Å². The molecule has 8 heteroatoms. The van der Waals surface area contributed by atoms with E-state index in [0.717, 1.165) is 10.1 Å². The normalized spacial score (nSPS) is 11.0. The summed E-state index contributed by atoms with van der Waals surface area (Å²) in [4.78, 5) is 23.3. The van der Waals surface area contributed by atoms with Crippen LogP contribution in [0.3, 0.4) is 0 Å². The Morgan fingerprint density at radius 2 is 1.92 bits per heavy atom. The van der Waals surface area contributed by atoms with E-state index < -0.39 is 18.5 Å². The average molecular weight is 389 g/mol. The predicted octanol–water partition coefficient (Wildman–Crippen LogP) is 3.78. The molecule has 26 heavy (non-hydrogen) atoms. The number of hydrogen-bond acceptors (Lipinski definition) is 5. The molecular weight excluding hydrogens is 376 g/mol. The van der Waals surface area contributed by atoms with Crippen molar-refractivity contribution in [2.24, 2.45) is 5.10 Å². The minimum atomic E-state index is -1.08. The molecule has 0 fully saturated rings. The number of ether oxygens (including phenoxy) is 1. The Labute approximate surface area is 157 Å². The number of halogens is 1. The van der Waals surface area contributed by atoms with Crippen molar-refractivity contribution in [2.75, 3.05) is 6.61 Å². The lowest BCUT2D eigenvalue weighted by Gasteiger charge is -2.06. The minimum absolute atomic E-state index is 0.354. The van der Waals surface area contributed by atoms with Crippen molar-refractivity contribution in [1.29, 1.82) is 0 Å². The number of hydrazone groups is 1. The molecular formula is C18H13ClN2O4S. The summed E-state index contributed by atoms with van der Waals surface area (Å²) >= 11 is 7.55. The van der Waals surface area contributed by atoms with Gasteiger partial charge in [0.1, 0.15) is 10.6 Å². The number of nitrogens with zero attached hydrogens (tertiary/aromatic N) is 1. The first kappa shape index (κ1) is 17.9. The fraction of sp³-hybridized carbons (Fsp3) is 0.0556. The van der Waals surface area contributed by atoms with Crippen LogP contribution >= 0.6 is 22.9 Å². The summed E-state index contributed by atoms with van der Waals surface area (Å²) in [5, 5.41) is 13.8. The highest BCUT2D eigenvalue weighted by atomic mass is 35.5. The topological polar surface area (TPSA) is 88.0 Å². The van der Waals surface area contributed by atoms with Crippen LogP contribution < -0.4 is 10.2 Å². The first-order valence-corrected chi connectivity index (χ1v) is 8.70. The van der Waals surface area contributed by atoms with E-state index in [1.165, 1.54) is 17.6 Å². The zero-order valence-corrected chi connectivity index (χ0v) is 14.9. The van der Waals surface area contributed by atoms with Gasteiger partial charge in [-0.2, -0.15) is 5.10 Å². The number of thiophene rings is 1. The van der Waals surface area contributed by atoms with E-state index in [9.17, 15) is 9.59 Å². The summed E-state index contributed by atoms with van der Waals surface area (Å²) in [5.41, 5.74) is 2.96. The molecule has 1 heterocycles. The Morgan fingerprint density at radius 3 is 2.69 bits per heavy atom. The van der Waals surface area contributed by atoms with Gasteiger partial charge >= 0.3 is 5.97 Å². The van der Waals surface area contributed by atoms with Crippen molar-refractivity contribution in [3.63, 3.8) is 0 Å². The quantitative estimate of drug-likeness (QED) is 0.497. The Hall–Kier alpha value is -2.90. The van der Waals surface area contributed by atoms with Crippen molar-refractivity contribution in [1.82, 2.24) is 5.43 Å². The lowest BCUT2D eigenvalue weighted by molar-refractivity contribution is -0.139. The molecule has 3 rings (SSSR count). The smallest absolute Gasteiger partial charge is 0.341 e. The molecule has 2 N–H and O–H groups in total. The standard InChI is InChI=1S/C18H13ClN2O4S/c19-16-12-6-2-4-8-14(12)26-17(16)18(24)21-20-9-11-5-1-3-7-13(11)25-10-15(22)23/h1-9H,10H2,(H,21,24)(H,22,23)/b20-9+. The van der Waals surface area contributed by atoms with Gasteiger partial charge in [-0.15, -0.1) is 11.3 Å². The van der Waals surface area contributed by atoms with Gasteiger partial charge in [-0.3, -0.25) is 4.79 Å². The molecule has 0 aliphatic carbocycles. The molecule has 0 aliphatic rings. The monoisotopic (exact) mass is 388 g/mol. The molecule has 1 amide bonds. The van der Waals surface area contributed by atoms with E-state index in [2.05, 4.69) is 10.5 Å². The van der Waals surface area contributed by atoms with Crippen LogP contribution in [-0.4, -0.2) is 29.8 Å². The molecule has 0 saturated carbocycles. The average Bonchev–Trinajstić information content (AvgIpc) is 2.98. The number of benzene rings is 2. The number of para-hydroxylation sites is 1. The Kier molecular flexibility index (Phi) is 5.50. The molecule has 0 saturated heterocycles. The maximum Gasteiger partial charge on any atom is 0.341 e. The van der Waals surface area contributed by atoms with E-state index in [-0.39, 0.29) is 0 Å². The van der Waals surface area contributed by atoms with Gasteiger partial charge in [0.2, 0.25) is 0 Å². The van der Waals surface area contributed by atoms with Gasteiger partial charge in [-0.25, -0.2) is 10.2 Å². The number of amides is 1. The van der Waals surface area contributed by atoms with Gasteiger partial charge < -0.3 is 9.84 Å². The fourth-order valence-corrected chi connectivity index (χ4v) is 3.64. The number of carbonyl (C=O) groups is 2. The summed E-state index contributed by atoms with van der Waals surface area (Å²) in [6.07, 6.45) is 1.39. The van der Waals surface area contributed by atoms with Crippen LogP contribution in [0, 0.1) is 0 Å². The number of carboxylic acid groups (broad SMARTS) is 1. The number of carboxylic acids is 1. The molecule has 3 aromatic rings. The highest BCUT2D eigenvalue weighted by molar-refractivity contribution is 7.21.